The van der Waals surface area contributed by atoms with Crippen LogP contribution in [0.1, 0.15) is 10.6 Å². The lowest BCUT2D eigenvalue weighted by molar-refractivity contribution is 0.596. The highest BCUT2D eigenvalue weighted by Gasteiger charge is 2.19. The second kappa shape index (κ2) is 5.37. The fourth-order valence-corrected chi connectivity index (χ4v) is 4.32. The topological polar surface area (TPSA) is 119 Å². The number of aromatic nitrogens is 1. The average molecular weight is 347 g/mol. The van der Waals surface area contributed by atoms with Crippen molar-refractivity contribution < 1.29 is 16.8 Å². The standard InChI is InChI=1S/C11H13N3O4S3/c1-7-3-4-9(20(12,15)16)5-10(7)14-21(17,18)11-6-13-8(2)19-11/h3-6,14H,1-2H3,(H2,12,15,16). The average Bonchev–Trinajstić information content (AvgIpc) is 2.78. The van der Waals surface area contributed by atoms with E-state index in [0.717, 1.165) is 11.3 Å². The second-order valence-electron chi connectivity index (χ2n) is 4.33. The maximum atomic E-state index is 12.2. The molecule has 2 aromatic rings. The quantitative estimate of drug-likeness (QED) is 0.861. The van der Waals surface area contributed by atoms with E-state index in [1.54, 1.807) is 13.8 Å². The van der Waals surface area contributed by atoms with Crippen molar-refractivity contribution >= 4 is 37.1 Å². The Balaban J connectivity index is 2.44. The van der Waals surface area contributed by atoms with Crippen LogP contribution in [0.15, 0.2) is 33.5 Å². The summed E-state index contributed by atoms with van der Waals surface area (Å²) in [5.41, 5.74) is 0.736. The number of hydrogen-bond acceptors (Lipinski definition) is 6. The molecule has 0 atom stereocenters. The Kier molecular flexibility index (Phi) is 4.06. The fraction of sp³-hybridized carbons (Fsp3) is 0.182. The van der Waals surface area contributed by atoms with E-state index in [2.05, 4.69) is 9.71 Å². The van der Waals surface area contributed by atoms with Crippen LogP contribution in [0.3, 0.4) is 0 Å². The van der Waals surface area contributed by atoms with Gasteiger partial charge < -0.3 is 0 Å². The van der Waals surface area contributed by atoms with Crippen LogP contribution in [-0.2, 0) is 20.0 Å². The van der Waals surface area contributed by atoms with Crippen LogP contribution < -0.4 is 9.86 Å². The fourth-order valence-electron chi connectivity index (χ4n) is 1.55. The number of anilines is 1. The van der Waals surface area contributed by atoms with Crippen molar-refractivity contribution in [3.63, 3.8) is 0 Å². The van der Waals surface area contributed by atoms with Gasteiger partial charge in [-0.15, -0.1) is 11.3 Å². The number of benzene rings is 1. The molecule has 114 valence electrons. The van der Waals surface area contributed by atoms with Crippen LogP contribution in [-0.4, -0.2) is 21.8 Å². The molecule has 0 unspecified atom stereocenters. The van der Waals surface area contributed by atoms with E-state index in [4.69, 9.17) is 5.14 Å². The van der Waals surface area contributed by atoms with Crippen molar-refractivity contribution in [3.8, 4) is 0 Å². The number of rotatable bonds is 4. The first-order valence-corrected chi connectivity index (χ1v) is 9.53. The molecule has 0 saturated carbocycles. The van der Waals surface area contributed by atoms with Gasteiger partial charge in [-0.2, -0.15) is 0 Å². The Morgan fingerprint density at radius 2 is 1.86 bits per heavy atom. The molecule has 1 aromatic carbocycles. The van der Waals surface area contributed by atoms with E-state index in [-0.39, 0.29) is 14.8 Å². The number of nitrogens with two attached hydrogens (primary N) is 1. The highest BCUT2D eigenvalue weighted by atomic mass is 32.2. The van der Waals surface area contributed by atoms with E-state index in [9.17, 15) is 16.8 Å². The molecular formula is C11H13N3O4S3. The van der Waals surface area contributed by atoms with Crippen molar-refractivity contribution in [2.24, 2.45) is 5.14 Å². The maximum Gasteiger partial charge on any atom is 0.273 e. The van der Waals surface area contributed by atoms with Crippen molar-refractivity contribution in [2.45, 2.75) is 23.0 Å². The Bertz CT molecular complexity index is 885. The molecule has 1 aromatic heterocycles. The van der Waals surface area contributed by atoms with Gasteiger partial charge in [0.2, 0.25) is 10.0 Å². The Morgan fingerprint density at radius 3 is 2.38 bits per heavy atom. The summed E-state index contributed by atoms with van der Waals surface area (Å²) in [7, 11) is -7.71. The number of thiazole rings is 1. The van der Waals surface area contributed by atoms with Gasteiger partial charge in [-0.1, -0.05) is 6.07 Å². The van der Waals surface area contributed by atoms with Crippen molar-refractivity contribution in [2.75, 3.05) is 4.72 Å². The molecule has 0 aliphatic rings. The number of aryl methyl sites for hydroxylation is 2. The lowest BCUT2D eigenvalue weighted by Crippen LogP contribution is -2.15. The van der Waals surface area contributed by atoms with Gasteiger partial charge in [0.1, 0.15) is 0 Å². The monoisotopic (exact) mass is 347 g/mol. The molecule has 0 bridgehead atoms. The Labute approximate surface area is 126 Å². The predicted octanol–water partition coefficient (Wildman–Crippen LogP) is 1.21. The first-order chi connectivity index (χ1) is 9.59. The summed E-state index contributed by atoms with van der Waals surface area (Å²) in [5.74, 6) is 0. The number of hydrogen-bond donors (Lipinski definition) is 2. The van der Waals surface area contributed by atoms with Crippen LogP contribution in [0.25, 0.3) is 0 Å². The molecule has 0 amide bonds. The van der Waals surface area contributed by atoms with Crippen molar-refractivity contribution in [3.05, 3.63) is 35.0 Å². The summed E-state index contributed by atoms with van der Waals surface area (Å²) in [6.45, 7) is 3.35. The van der Waals surface area contributed by atoms with Crippen molar-refractivity contribution in [1.82, 2.24) is 4.98 Å². The minimum Gasteiger partial charge on any atom is -0.279 e. The summed E-state index contributed by atoms with van der Waals surface area (Å²) in [5, 5.41) is 5.66. The Morgan fingerprint density at radius 1 is 1.19 bits per heavy atom. The summed E-state index contributed by atoms with van der Waals surface area (Å²) >= 11 is 1.03. The molecule has 0 radical (unpaired) electrons. The zero-order valence-corrected chi connectivity index (χ0v) is 13.6. The van der Waals surface area contributed by atoms with Gasteiger partial charge in [0, 0.05) is 0 Å². The van der Waals surface area contributed by atoms with Gasteiger partial charge >= 0.3 is 0 Å². The number of nitrogens with one attached hydrogen (secondary N) is 1. The van der Waals surface area contributed by atoms with Gasteiger partial charge in [-0.25, -0.2) is 27.0 Å². The van der Waals surface area contributed by atoms with E-state index >= 15 is 0 Å². The number of primary sulfonamides is 1. The molecule has 21 heavy (non-hydrogen) atoms. The largest absolute Gasteiger partial charge is 0.279 e. The van der Waals surface area contributed by atoms with Gasteiger partial charge in [0.15, 0.2) is 4.21 Å². The Hall–Kier alpha value is -1.49. The van der Waals surface area contributed by atoms with Crippen LogP contribution in [0.4, 0.5) is 5.69 Å². The highest BCUT2D eigenvalue weighted by molar-refractivity contribution is 7.94. The van der Waals surface area contributed by atoms with E-state index < -0.39 is 20.0 Å². The normalized spacial score (nSPS) is 12.3. The lowest BCUT2D eigenvalue weighted by atomic mass is 10.2. The lowest BCUT2D eigenvalue weighted by Gasteiger charge is -2.10. The molecule has 2 rings (SSSR count). The third-order valence-electron chi connectivity index (χ3n) is 2.65. The third-order valence-corrected chi connectivity index (χ3v) is 6.30. The van der Waals surface area contributed by atoms with Crippen LogP contribution in [0.2, 0.25) is 0 Å². The zero-order chi connectivity index (χ0) is 15.8. The number of sulfonamides is 2. The van der Waals surface area contributed by atoms with Gasteiger partial charge in [0.05, 0.1) is 21.8 Å². The molecule has 0 aliphatic heterocycles. The second-order valence-corrected chi connectivity index (χ2v) is 9.03. The van der Waals surface area contributed by atoms with Gasteiger partial charge in [0.25, 0.3) is 10.0 Å². The summed E-state index contributed by atoms with van der Waals surface area (Å²) in [4.78, 5) is 3.73. The minimum absolute atomic E-state index is 0.0559. The minimum atomic E-state index is -3.90. The van der Waals surface area contributed by atoms with Crippen LogP contribution >= 0.6 is 11.3 Å². The molecule has 10 heteroatoms. The molecular weight excluding hydrogens is 334 g/mol. The SMILES string of the molecule is Cc1ncc(S(=O)(=O)Nc2cc(S(N)(=O)=O)ccc2C)s1. The van der Waals surface area contributed by atoms with E-state index in [0.29, 0.717) is 10.6 Å². The first-order valence-electron chi connectivity index (χ1n) is 5.68. The van der Waals surface area contributed by atoms with E-state index in [1.807, 2.05) is 0 Å². The molecule has 0 spiro atoms. The maximum absolute atomic E-state index is 12.2. The molecule has 7 nitrogen and oxygen atoms in total. The molecule has 1 heterocycles. The zero-order valence-electron chi connectivity index (χ0n) is 11.2. The molecule has 0 saturated heterocycles. The smallest absolute Gasteiger partial charge is 0.273 e. The van der Waals surface area contributed by atoms with Crippen molar-refractivity contribution in [1.29, 1.82) is 0 Å². The summed E-state index contributed by atoms with van der Waals surface area (Å²) in [6.07, 6.45) is 1.25. The van der Waals surface area contributed by atoms with Gasteiger partial charge in [-0.05, 0) is 31.5 Å². The van der Waals surface area contributed by atoms with Gasteiger partial charge in [-0.3, -0.25) is 4.72 Å². The highest BCUT2D eigenvalue weighted by Crippen LogP contribution is 2.25. The predicted molar refractivity (Wildman–Crippen MR) is 80.2 cm³/mol. The molecule has 0 fully saturated rings. The number of nitrogens with zero attached hydrogens (tertiary/aromatic N) is 1. The summed E-state index contributed by atoms with van der Waals surface area (Å²) < 4.78 is 49.5. The third kappa shape index (κ3) is 3.59. The molecule has 3 N–H and O–H groups in total. The van der Waals surface area contributed by atoms with E-state index in [1.165, 1.54) is 24.4 Å². The summed E-state index contributed by atoms with van der Waals surface area (Å²) in [6, 6.07) is 3.99. The molecule has 0 aliphatic carbocycles. The van der Waals surface area contributed by atoms with Crippen LogP contribution in [0, 0.1) is 13.8 Å². The van der Waals surface area contributed by atoms with Crippen LogP contribution in [0.5, 0.6) is 0 Å². The first kappa shape index (κ1) is 15.9.